The minimum Gasteiger partial charge on any atom is -0.507 e. The van der Waals surface area contributed by atoms with Crippen molar-refractivity contribution in [1.82, 2.24) is 0 Å². The molecule has 2 rings (SSSR count). The van der Waals surface area contributed by atoms with E-state index in [-0.39, 0.29) is 16.6 Å². The van der Waals surface area contributed by atoms with Gasteiger partial charge in [0.15, 0.2) is 0 Å². The van der Waals surface area contributed by atoms with E-state index in [9.17, 15) is 15.0 Å². The van der Waals surface area contributed by atoms with Gasteiger partial charge in [-0.1, -0.05) is 65.8 Å². The molecule has 29 heavy (non-hydrogen) atoms. The first-order valence-electron chi connectivity index (χ1n) is 9.94. The number of phenols is 1. The Hall–Kier alpha value is -2.49. The van der Waals surface area contributed by atoms with Gasteiger partial charge in [0.25, 0.3) is 0 Å². The SMILES string of the molecule is COc1c(C)cc(C(C(=O)O)c2cc(C(C)(C)C)cc(C(C)(C)C)c2O)cc1C. The molecule has 2 aromatic rings. The van der Waals surface area contributed by atoms with E-state index in [0.717, 1.165) is 28.0 Å². The average molecular weight is 399 g/mol. The summed E-state index contributed by atoms with van der Waals surface area (Å²) >= 11 is 0. The number of aliphatic carboxylic acids is 1. The molecule has 0 amide bonds. The predicted octanol–water partition coefficient (Wildman–Crippen LogP) is 5.83. The topological polar surface area (TPSA) is 66.8 Å². The van der Waals surface area contributed by atoms with Crippen LogP contribution in [0.4, 0.5) is 0 Å². The van der Waals surface area contributed by atoms with Gasteiger partial charge in [-0.15, -0.1) is 0 Å². The molecule has 0 radical (unpaired) electrons. The second kappa shape index (κ2) is 7.74. The number of hydrogen-bond donors (Lipinski definition) is 2. The van der Waals surface area contributed by atoms with E-state index in [1.807, 2.05) is 58.9 Å². The van der Waals surface area contributed by atoms with Gasteiger partial charge >= 0.3 is 5.97 Å². The molecular weight excluding hydrogens is 364 g/mol. The Labute approximate surface area is 174 Å². The van der Waals surface area contributed by atoms with Crippen LogP contribution in [0.25, 0.3) is 0 Å². The standard InChI is InChI=1S/C25H34O4/c1-14-10-16(11-15(2)22(14)29-9)20(23(27)28)18-12-17(24(3,4)5)13-19(21(18)26)25(6,7)8/h10-13,20,26H,1-9H3,(H,27,28). The highest BCUT2D eigenvalue weighted by molar-refractivity contribution is 5.82. The van der Waals surface area contributed by atoms with Crippen LogP contribution in [0.5, 0.6) is 11.5 Å². The van der Waals surface area contributed by atoms with E-state index in [1.54, 1.807) is 7.11 Å². The summed E-state index contributed by atoms with van der Waals surface area (Å²) in [7, 11) is 1.61. The number of carboxylic acid groups (broad SMARTS) is 1. The van der Waals surface area contributed by atoms with E-state index in [1.165, 1.54) is 0 Å². The van der Waals surface area contributed by atoms with Crippen molar-refractivity contribution in [2.24, 2.45) is 0 Å². The molecule has 0 spiro atoms. The Bertz CT molecular complexity index is 904. The maximum Gasteiger partial charge on any atom is 0.315 e. The molecule has 1 atom stereocenters. The van der Waals surface area contributed by atoms with E-state index < -0.39 is 11.9 Å². The van der Waals surface area contributed by atoms with Gasteiger partial charge < -0.3 is 14.9 Å². The predicted molar refractivity (Wildman–Crippen MR) is 117 cm³/mol. The zero-order valence-electron chi connectivity index (χ0n) is 19.1. The first kappa shape index (κ1) is 22.8. The van der Waals surface area contributed by atoms with E-state index in [4.69, 9.17) is 4.74 Å². The summed E-state index contributed by atoms with van der Waals surface area (Å²) in [6.45, 7) is 16.1. The first-order chi connectivity index (χ1) is 13.2. The van der Waals surface area contributed by atoms with Gasteiger partial charge in [0.2, 0.25) is 0 Å². The summed E-state index contributed by atoms with van der Waals surface area (Å²) in [5.74, 6) is -1.15. The third-order valence-corrected chi connectivity index (χ3v) is 5.39. The second-order valence-corrected chi connectivity index (χ2v) is 9.92. The van der Waals surface area contributed by atoms with Gasteiger partial charge in [-0.05, 0) is 52.5 Å². The Kier molecular flexibility index (Phi) is 6.08. The molecule has 4 nitrogen and oxygen atoms in total. The summed E-state index contributed by atoms with van der Waals surface area (Å²) in [5.41, 5.74) is 4.06. The molecule has 0 saturated heterocycles. The third kappa shape index (κ3) is 4.58. The van der Waals surface area contributed by atoms with Gasteiger partial charge in [-0.2, -0.15) is 0 Å². The molecule has 0 aliphatic heterocycles. The normalized spacial score (nSPS) is 13.3. The second-order valence-electron chi connectivity index (χ2n) is 9.92. The summed E-state index contributed by atoms with van der Waals surface area (Å²) in [6, 6.07) is 7.52. The molecule has 0 aliphatic carbocycles. The molecule has 0 saturated carbocycles. The van der Waals surface area contributed by atoms with E-state index >= 15 is 0 Å². The molecule has 0 aliphatic rings. The summed E-state index contributed by atoms with van der Waals surface area (Å²) in [6.07, 6.45) is 0. The smallest absolute Gasteiger partial charge is 0.315 e. The average Bonchev–Trinajstić information content (AvgIpc) is 2.53. The highest BCUT2D eigenvalue weighted by atomic mass is 16.5. The van der Waals surface area contributed by atoms with Crippen LogP contribution >= 0.6 is 0 Å². The number of carbonyl (C=O) groups is 1. The quantitative estimate of drug-likeness (QED) is 0.680. The summed E-state index contributed by atoms with van der Waals surface area (Å²) in [4.78, 5) is 12.4. The number of methoxy groups -OCH3 is 1. The number of ether oxygens (including phenoxy) is 1. The monoisotopic (exact) mass is 398 g/mol. The fraction of sp³-hybridized carbons (Fsp3) is 0.480. The van der Waals surface area contributed by atoms with Gasteiger partial charge in [-0.3, -0.25) is 4.79 Å². The lowest BCUT2D eigenvalue weighted by atomic mass is 9.76. The van der Waals surface area contributed by atoms with Crippen molar-refractivity contribution < 1.29 is 19.7 Å². The number of hydrogen-bond acceptors (Lipinski definition) is 3. The highest BCUT2D eigenvalue weighted by Gasteiger charge is 2.32. The highest BCUT2D eigenvalue weighted by Crippen LogP contribution is 2.43. The van der Waals surface area contributed by atoms with Crippen LogP contribution in [0.3, 0.4) is 0 Å². The molecule has 0 bridgehead atoms. The molecule has 0 aromatic heterocycles. The Balaban J connectivity index is 2.85. The molecule has 4 heteroatoms. The van der Waals surface area contributed by atoms with Crippen molar-refractivity contribution in [2.75, 3.05) is 7.11 Å². The van der Waals surface area contributed by atoms with E-state index in [0.29, 0.717) is 11.1 Å². The molecule has 158 valence electrons. The number of benzene rings is 2. The van der Waals surface area contributed by atoms with Gasteiger partial charge in [0.05, 0.1) is 7.11 Å². The van der Waals surface area contributed by atoms with Crippen LogP contribution in [-0.4, -0.2) is 23.3 Å². The fourth-order valence-corrected chi connectivity index (χ4v) is 3.81. The van der Waals surface area contributed by atoms with Crippen molar-refractivity contribution in [1.29, 1.82) is 0 Å². The lowest BCUT2D eigenvalue weighted by molar-refractivity contribution is -0.137. The Morgan fingerprint density at radius 2 is 1.45 bits per heavy atom. The molecule has 2 N–H and O–H groups in total. The van der Waals surface area contributed by atoms with Crippen LogP contribution in [0.15, 0.2) is 24.3 Å². The third-order valence-electron chi connectivity index (χ3n) is 5.39. The number of phenolic OH excluding ortho intramolecular Hbond substituents is 1. The van der Waals surface area contributed by atoms with Crippen LogP contribution < -0.4 is 4.74 Å². The van der Waals surface area contributed by atoms with Crippen molar-refractivity contribution in [3.8, 4) is 11.5 Å². The Morgan fingerprint density at radius 1 is 0.931 bits per heavy atom. The first-order valence-corrected chi connectivity index (χ1v) is 9.94. The molecule has 0 fully saturated rings. The summed E-state index contributed by atoms with van der Waals surface area (Å²) < 4.78 is 5.43. The molecule has 0 heterocycles. The number of carboxylic acids is 1. The lowest BCUT2D eigenvalue weighted by Crippen LogP contribution is -2.21. The number of aromatic hydroxyl groups is 1. The minimum atomic E-state index is -0.991. The lowest BCUT2D eigenvalue weighted by Gasteiger charge is -2.29. The van der Waals surface area contributed by atoms with E-state index in [2.05, 4.69) is 20.8 Å². The number of aryl methyl sites for hydroxylation is 2. The number of rotatable bonds is 4. The Morgan fingerprint density at radius 3 is 1.83 bits per heavy atom. The zero-order valence-corrected chi connectivity index (χ0v) is 19.1. The molecule has 1 unspecified atom stereocenters. The van der Waals surface area contributed by atoms with Crippen molar-refractivity contribution in [3.05, 3.63) is 57.6 Å². The van der Waals surface area contributed by atoms with Crippen LogP contribution in [-0.2, 0) is 15.6 Å². The van der Waals surface area contributed by atoms with Crippen LogP contribution in [0.2, 0.25) is 0 Å². The maximum absolute atomic E-state index is 12.4. The summed E-state index contributed by atoms with van der Waals surface area (Å²) in [5, 5.41) is 21.3. The molecular formula is C25H34O4. The van der Waals surface area contributed by atoms with Crippen LogP contribution in [0, 0.1) is 13.8 Å². The van der Waals surface area contributed by atoms with Gasteiger partial charge in [0, 0.05) is 5.56 Å². The zero-order chi connectivity index (χ0) is 22.3. The van der Waals surface area contributed by atoms with Crippen molar-refractivity contribution >= 4 is 5.97 Å². The van der Waals surface area contributed by atoms with Gasteiger partial charge in [0.1, 0.15) is 17.4 Å². The molecule has 2 aromatic carbocycles. The van der Waals surface area contributed by atoms with Crippen molar-refractivity contribution in [3.63, 3.8) is 0 Å². The largest absolute Gasteiger partial charge is 0.507 e. The van der Waals surface area contributed by atoms with Crippen LogP contribution in [0.1, 0.15) is 80.8 Å². The van der Waals surface area contributed by atoms with Gasteiger partial charge in [-0.25, -0.2) is 0 Å². The minimum absolute atomic E-state index is 0.0593. The van der Waals surface area contributed by atoms with Crippen molar-refractivity contribution in [2.45, 2.75) is 72.1 Å². The fourth-order valence-electron chi connectivity index (χ4n) is 3.81. The maximum atomic E-state index is 12.4.